The van der Waals surface area contributed by atoms with Crippen LogP contribution < -0.4 is 0 Å². The van der Waals surface area contributed by atoms with Gasteiger partial charge >= 0.3 is 17.9 Å². The van der Waals surface area contributed by atoms with Crippen LogP contribution in [-0.4, -0.2) is 37.2 Å². The lowest BCUT2D eigenvalue weighted by Crippen LogP contribution is -2.30. The molecule has 0 rings (SSSR count). The van der Waals surface area contributed by atoms with Gasteiger partial charge in [0.15, 0.2) is 6.10 Å². The third-order valence-electron chi connectivity index (χ3n) is 13.1. The highest BCUT2D eigenvalue weighted by Crippen LogP contribution is 2.16. The summed E-state index contributed by atoms with van der Waals surface area (Å²) >= 11 is 0. The number of unbranched alkanes of at least 4 members (excludes halogenated alkanes) is 28. The van der Waals surface area contributed by atoms with E-state index in [1.165, 1.54) is 135 Å². The first-order chi connectivity index (χ1) is 36.0. The first-order valence-electron chi connectivity index (χ1n) is 30.7. The Bertz CT molecular complexity index is 1440. The molecule has 0 aliphatic carbocycles. The summed E-state index contributed by atoms with van der Waals surface area (Å²) < 4.78 is 16.9. The van der Waals surface area contributed by atoms with Crippen molar-refractivity contribution in [3.05, 3.63) is 97.2 Å². The monoisotopic (exact) mass is 1010 g/mol. The van der Waals surface area contributed by atoms with Crippen molar-refractivity contribution in [2.24, 2.45) is 0 Å². The van der Waals surface area contributed by atoms with Crippen LogP contribution >= 0.6 is 0 Å². The van der Waals surface area contributed by atoms with E-state index in [1.807, 2.05) is 0 Å². The minimum Gasteiger partial charge on any atom is -0.462 e. The lowest BCUT2D eigenvalue weighted by molar-refractivity contribution is -0.167. The topological polar surface area (TPSA) is 78.9 Å². The normalized spacial score (nSPS) is 12.8. The Morgan fingerprint density at radius 1 is 0.288 bits per heavy atom. The largest absolute Gasteiger partial charge is 0.462 e. The molecular weight excluding hydrogens is 901 g/mol. The fraction of sp³-hybridized carbons (Fsp3) is 0.716. The lowest BCUT2D eigenvalue weighted by Gasteiger charge is -2.18. The molecule has 0 aliphatic rings. The summed E-state index contributed by atoms with van der Waals surface area (Å²) in [5.41, 5.74) is 0. The Morgan fingerprint density at radius 2 is 0.534 bits per heavy atom. The Labute approximate surface area is 451 Å². The van der Waals surface area contributed by atoms with Crippen molar-refractivity contribution in [2.45, 2.75) is 297 Å². The minimum atomic E-state index is -0.796. The van der Waals surface area contributed by atoms with Gasteiger partial charge in [0.1, 0.15) is 13.2 Å². The molecule has 0 N–H and O–H groups in total. The molecule has 0 aliphatic heterocycles. The van der Waals surface area contributed by atoms with Crippen molar-refractivity contribution in [3.8, 4) is 0 Å². The fourth-order valence-corrected chi connectivity index (χ4v) is 8.50. The summed E-state index contributed by atoms with van der Waals surface area (Å²) in [6.07, 6.45) is 81.3. The molecule has 0 bridgehead atoms. The SMILES string of the molecule is CC/C=C\C/C=C\C/C=C\CCCCCCCCCC(=O)OC(COC(=O)CCCCC/C=C\C/C=C\C/C=C\CC)COC(=O)CCCCCCCCCCCCCCC/C=C\C/C=C\CCCCCCC. The van der Waals surface area contributed by atoms with Crippen molar-refractivity contribution in [1.82, 2.24) is 0 Å². The van der Waals surface area contributed by atoms with Crippen LogP contribution in [0.15, 0.2) is 97.2 Å². The third-order valence-corrected chi connectivity index (χ3v) is 13.1. The zero-order valence-electron chi connectivity index (χ0n) is 47.9. The van der Waals surface area contributed by atoms with Gasteiger partial charge in [-0.1, -0.05) is 253 Å². The van der Waals surface area contributed by atoms with Crippen LogP contribution in [0.3, 0.4) is 0 Å². The second-order valence-electron chi connectivity index (χ2n) is 20.2. The highest BCUT2D eigenvalue weighted by molar-refractivity contribution is 5.71. The van der Waals surface area contributed by atoms with Crippen LogP contribution in [0.5, 0.6) is 0 Å². The molecule has 418 valence electrons. The van der Waals surface area contributed by atoms with Gasteiger partial charge in [-0.2, -0.15) is 0 Å². The summed E-state index contributed by atoms with van der Waals surface area (Å²) in [5, 5.41) is 0. The smallest absolute Gasteiger partial charge is 0.306 e. The van der Waals surface area contributed by atoms with Gasteiger partial charge in [-0.3, -0.25) is 14.4 Å². The van der Waals surface area contributed by atoms with Crippen LogP contribution in [0, 0.1) is 0 Å². The number of hydrogen-bond acceptors (Lipinski definition) is 6. The molecule has 0 fully saturated rings. The molecule has 0 radical (unpaired) electrons. The highest BCUT2D eigenvalue weighted by atomic mass is 16.6. The molecule has 1 unspecified atom stereocenters. The molecule has 0 spiro atoms. The van der Waals surface area contributed by atoms with Gasteiger partial charge in [-0.15, -0.1) is 0 Å². The van der Waals surface area contributed by atoms with E-state index in [0.717, 1.165) is 116 Å². The molecule has 0 saturated heterocycles. The van der Waals surface area contributed by atoms with E-state index in [9.17, 15) is 14.4 Å². The highest BCUT2D eigenvalue weighted by Gasteiger charge is 2.19. The van der Waals surface area contributed by atoms with E-state index >= 15 is 0 Å². The Hall–Kier alpha value is -3.67. The first kappa shape index (κ1) is 69.3. The van der Waals surface area contributed by atoms with Gasteiger partial charge in [0.25, 0.3) is 0 Å². The van der Waals surface area contributed by atoms with E-state index in [4.69, 9.17) is 14.2 Å². The molecule has 73 heavy (non-hydrogen) atoms. The summed E-state index contributed by atoms with van der Waals surface area (Å²) in [7, 11) is 0. The second kappa shape index (κ2) is 60.9. The Morgan fingerprint density at radius 3 is 0.849 bits per heavy atom. The molecular formula is C67H114O6. The third kappa shape index (κ3) is 59.1. The number of rotatable bonds is 55. The molecule has 1 atom stereocenters. The van der Waals surface area contributed by atoms with Crippen LogP contribution in [-0.2, 0) is 28.6 Å². The average molecular weight is 1020 g/mol. The van der Waals surface area contributed by atoms with Gasteiger partial charge in [-0.05, 0) is 116 Å². The molecule has 0 saturated carbocycles. The van der Waals surface area contributed by atoms with Gasteiger partial charge in [0, 0.05) is 19.3 Å². The van der Waals surface area contributed by atoms with Crippen LogP contribution in [0.1, 0.15) is 290 Å². The second-order valence-corrected chi connectivity index (χ2v) is 20.2. The molecule has 0 heterocycles. The summed E-state index contributed by atoms with van der Waals surface area (Å²) in [6, 6.07) is 0. The molecule has 0 aromatic carbocycles. The number of carbonyl (C=O) groups is 3. The molecule has 6 nitrogen and oxygen atoms in total. The van der Waals surface area contributed by atoms with Crippen LogP contribution in [0.2, 0.25) is 0 Å². The predicted octanol–water partition coefficient (Wildman–Crippen LogP) is 20.9. The summed E-state index contributed by atoms with van der Waals surface area (Å²) in [4.78, 5) is 38.2. The quantitative estimate of drug-likeness (QED) is 0.0261. The number of hydrogen-bond donors (Lipinski definition) is 0. The molecule has 0 amide bonds. The maximum absolute atomic E-state index is 12.9. The maximum atomic E-state index is 12.9. The van der Waals surface area contributed by atoms with Gasteiger partial charge in [0.05, 0.1) is 0 Å². The van der Waals surface area contributed by atoms with Crippen molar-refractivity contribution < 1.29 is 28.6 Å². The fourth-order valence-electron chi connectivity index (χ4n) is 8.50. The van der Waals surface area contributed by atoms with E-state index in [-0.39, 0.29) is 31.1 Å². The van der Waals surface area contributed by atoms with E-state index in [1.54, 1.807) is 0 Å². The van der Waals surface area contributed by atoms with Crippen molar-refractivity contribution in [2.75, 3.05) is 13.2 Å². The van der Waals surface area contributed by atoms with Crippen LogP contribution in [0.4, 0.5) is 0 Å². The summed E-state index contributed by atoms with van der Waals surface area (Å²) in [5.74, 6) is -0.926. The number of esters is 3. The average Bonchev–Trinajstić information content (AvgIpc) is 3.39. The number of allylic oxidation sites excluding steroid dienone is 16. The Balaban J connectivity index is 4.32. The van der Waals surface area contributed by atoms with E-state index < -0.39 is 6.10 Å². The lowest BCUT2D eigenvalue weighted by atomic mass is 10.0. The number of carbonyl (C=O) groups excluding carboxylic acids is 3. The van der Waals surface area contributed by atoms with Gasteiger partial charge in [0.2, 0.25) is 0 Å². The molecule has 6 heteroatoms. The van der Waals surface area contributed by atoms with Crippen LogP contribution in [0.25, 0.3) is 0 Å². The summed E-state index contributed by atoms with van der Waals surface area (Å²) in [6.45, 7) is 6.39. The zero-order valence-corrected chi connectivity index (χ0v) is 47.9. The zero-order chi connectivity index (χ0) is 52.9. The Kier molecular flexibility index (Phi) is 57.8. The van der Waals surface area contributed by atoms with Gasteiger partial charge in [-0.25, -0.2) is 0 Å². The first-order valence-corrected chi connectivity index (χ1v) is 30.7. The minimum absolute atomic E-state index is 0.0911. The molecule has 0 aromatic rings. The predicted molar refractivity (Wildman–Crippen MR) is 316 cm³/mol. The van der Waals surface area contributed by atoms with Gasteiger partial charge < -0.3 is 14.2 Å². The van der Waals surface area contributed by atoms with E-state index in [2.05, 4.69) is 118 Å². The number of ether oxygens (including phenoxy) is 3. The van der Waals surface area contributed by atoms with Crippen molar-refractivity contribution >= 4 is 17.9 Å². The standard InChI is InChI=1S/C67H114O6/c1-4-7-10-13-16-19-22-25-27-29-30-31-32-33-34-35-36-38-39-42-45-48-51-54-57-60-66(69)72-63-64(62-71-65(68)59-56-53-50-47-44-41-24-21-18-15-12-9-6-3)73-67(70)61-58-55-52-49-46-43-40-37-28-26-23-20-17-14-11-8-5-2/h8-9,11-12,17-18,20-22,25-26,28-30,41,44,64H,4-7,10,13-16,19,23-24,27,31-40,42-43,45-63H2,1-3H3/b11-8-,12-9-,20-17-,21-18-,25-22-,28-26-,30-29-,44-41-. The van der Waals surface area contributed by atoms with Crippen molar-refractivity contribution in [3.63, 3.8) is 0 Å². The maximum Gasteiger partial charge on any atom is 0.306 e. The molecule has 0 aromatic heterocycles. The van der Waals surface area contributed by atoms with Crippen molar-refractivity contribution in [1.29, 1.82) is 0 Å². The van der Waals surface area contributed by atoms with E-state index in [0.29, 0.717) is 19.3 Å².